The van der Waals surface area contributed by atoms with E-state index in [1.54, 1.807) is 0 Å². The summed E-state index contributed by atoms with van der Waals surface area (Å²) in [6, 6.07) is 18.5. The lowest BCUT2D eigenvalue weighted by Crippen LogP contribution is -2.52. The van der Waals surface area contributed by atoms with Crippen molar-refractivity contribution in [1.82, 2.24) is 10.6 Å². The van der Waals surface area contributed by atoms with E-state index >= 15 is 0 Å². The molecule has 0 saturated heterocycles. The summed E-state index contributed by atoms with van der Waals surface area (Å²) in [6.07, 6.45) is 0.388. The molecule has 2 aromatic rings. The third-order valence-corrected chi connectivity index (χ3v) is 4.69. The molecule has 8 nitrogen and oxygen atoms in total. The van der Waals surface area contributed by atoms with Crippen molar-refractivity contribution in [3.63, 3.8) is 0 Å². The molecule has 0 aliphatic carbocycles. The first-order valence-corrected chi connectivity index (χ1v) is 10.3. The maximum absolute atomic E-state index is 13.0. The number of amides is 2. The summed E-state index contributed by atoms with van der Waals surface area (Å²) in [6.45, 7) is 0.0608. The molecule has 0 heterocycles. The highest BCUT2D eigenvalue weighted by Gasteiger charge is 2.27. The van der Waals surface area contributed by atoms with Crippen LogP contribution in [0.25, 0.3) is 0 Å². The molecule has 0 radical (unpaired) electrons. The van der Waals surface area contributed by atoms with E-state index in [1.807, 2.05) is 66.7 Å². The first kappa shape index (κ1) is 24.4. The van der Waals surface area contributed by atoms with Gasteiger partial charge < -0.3 is 20.1 Å². The van der Waals surface area contributed by atoms with Gasteiger partial charge in [-0.2, -0.15) is 5.26 Å². The van der Waals surface area contributed by atoms with Crippen molar-refractivity contribution in [2.75, 3.05) is 7.11 Å². The lowest BCUT2D eigenvalue weighted by atomic mass is 10.0. The number of carbonyl (C=O) groups excluding carboxylic acids is 3. The van der Waals surface area contributed by atoms with Crippen LogP contribution >= 0.6 is 0 Å². The van der Waals surface area contributed by atoms with Crippen LogP contribution in [0.5, 0.6) is 0 Å². The summed E-state index contributed by atoms with van der Waals surface area (Å²) in [5, 5.41) is 13.9. The van der Waals surface area contributed by atoms with Gasteiger partial charge in [0.25, 0.3) is 0 Å². The molecule has 0 aromatic heterocycles. The summed E-state index contributed by atoms with van der Waals surface area (Å²) in [7, 11) is 1.23. The largest absolute Gasteiger partial charge is 0.467 e. The minimum Gasteiger partial charge on any atom is -0.467 e. The highest BCUT2D eigenvalue weighted by molar-refractivity contribution is 5.89. The van der Waals surface area contributed by atoms with Gasteiger partial charge in [-0.3, -0.25) is 4.79 Å². The van der Waals surface area contributed by atoms with E-state index in [0.717, 1.165) is 11.1 Å². The Labute approximate surface area is 187 Å². The van der Waals surface area contributed by atoms with E-state index in [4.69, 9.17) is 14.7 Å². The Morgan fingerprint density at radius 2 is 1.56 bits per heavy atom. The fraction of sp³-hybridized carbons (Fsp3) is 0.333. The van der Waals surface area contributed by atoms with E-state index in [1.165, 1.54) is 7.11 Å². The van der Waals surface area contributed by atoms with Crippen LogP contribution in [0.2, 0.25) is 0 Å². The number of nitrogens with one attached hydrogen (secondary N) is 2. The number of alkyl carbamates (subject to hydrolysis) is 1. The monoisotopic (exact) mass is 437 g/mol. The SMILES string of the molecule is COC(=O)[C@@H](CCCC#N)NC(=O)[C@H](Cc1ccccc1)NC(=O)OCc1ccccc1. The predicted molar refractivity (Wildman–Crippen MR) is 117 cm³/mol. The molecular weight excluding hydrogens is 410 g/mol. The van der Waals surface area contributed by atoms with Gasteiger partial charge in [0.15, 0.2) is 0 Å². The quantitative estimate of drug-likeness (QED) is 0.412. The fourth-order valence-electron chi connectivity index (χ4n) is 3.01. The Balaban J connectivity index is 2.06. The van der Waals surface area contributed by atoms with Gasteiger partial charge >= 0.3 is 12.1 Å². The van der Waals surface area contributed by atoms with Gasteiger partial charge in [0.05, 0.1) is 13.2 Å². The normalized spacial score (nSPS) is 12.0. The zero-order valence-corrected chi connectivity index (χ0v) is 18.0. The van der Waals surface area contributed by atoms with Crippen molar-refractivity contribution in [2.45, 2.75) is 44.4 Å². The van der Waals surface area contributed by atoms with Crippen LogP contribution in [0, 0.1) is 11.3 Å². The molecule has 0 unspecified atom stereocenters. The number of hydrogen-bond acceptors (Lipinski definition) is 6. The van der Waals surface area contributed by atoms with E-state index in [-0.39, 0.29) is 25.9 Å². The van der Waals surface area contributed by atoms with Gasteiger partial charge in [0.1, 0.15) is 18.7 Å². The van der Waals surface area contributed by atoms with Crippen LogP contribution in [0.1, 0.15) is 30.4 Å². The van der Waals surface area contributed by atoms with Crippen LogP contribution in [0.3, 0.4) is 0 Å². The number of benzene rings is 2. The number of ether oxygens (including phenoxy) is 2. The second kappa shape index (κ2) is 13.4. The van der Waals surface area contributed by atoms with E-state index in [0.29, 0.717) is 6.42 Å². The van der Waals surface area contributed by atoms with Crippen LogP contribution in [-0.4, -0.2) is 37.2 Å². The van der Waals surface area contributed by atoms with E-state index in [9.17, 15) is 14.4 Å². The molecule has 8 heteroatoms. The average molecular weight is 437 g/mol. The number of rotatable bonds is 11. The van der Waals surface area contributed by atoms with Crippen LogP contribution in [-0.2, 0) is 32.1 Å². The standard InChI is InChI=1S/C24H27N3O5/c1-31-23(29)20(14-8-9-15-25)26-22(28)21(16-18-10-4-2-5-11-18)27-24(30)32-17-19-12-6-3-7-13-19/h2-7,10-13,20-21H,8-9,14,16-17H2,1H3,(H,26,28)(H,27,30)/t20-,21+/m1/s1. The molecule has 168 valence electrons. The lowest BCUT2D eigenvalue weighted by molar-refractivity contribution is -0.145. The Morgan fingerprint density at radius 1 is 0.938 bits per heavy atom. The van der Waals surface area contributed by atoms with Crippen LogP contribution in [0.4, 0.5) is 4.79 Å². The summed E-state index contributed by atoms with van der Waals surface area (Å²) in [4.78, 5) is 37.4. The first-order valence-electron chi connectivity index (χ1n) is 10.3. The topological polar surface area (TPSA) is 118 Å². The molecule has 0 saturated carbocycles. The Hall–Kier alpha value is -3.86. The molecule has 0 fully saturated rings. The summed E-state index contributed by atoms with van der Waals surface area (Å²) in [5.74, 6) is -1.15. The Morgan fingerprint density at radius 3 is 2.16 bits per heavy atom. The summed E-state index contributed by atoms with van der Waals surface area (Å²) < 4.78 is 10.0. The minimum absolute atomic E-state index is 0.0608. The second-order valence-corrected chi connectivity index (χ2v) is 7.08. The molecule has 0 aliphatic rings. The summed E-state index contributed by atoms with van der Waals surface area (Å²) in [5.41, 5.74) is 1.64. The Bertz CT molecular complexity index is 912. The van der Waals surface area contributed by atoms with Gasteiger partial charge in [-0.25, -0.2) is 9.59 Å². The predicted octanol–water partition coefficient (Wildman–Crippen LogP) is 2.88. The molecule has 2 aromatic carbocycles. The zero-order valence-electron chi connectivity index (χ0n) is 18.0. The molecule has 2 amide bonds. The number of nitriles is 1. The molecular formula is C24H27N3O5. The number of carbonyl (C=O) groups is 3. The molecule has 0 aliphatic heterocycles. The molecule has 32 heavy (non-hydrogen) atoms. The third-order valence-electron chi connectivity index (χ3n) is 4.69. The van der Waals surface area contributed by atoms with Crippen molar-refractivity contribution in [3.8, 4) is 6.07 Å². The first-order chi connectivity index (χ1) is 15.5. The molecule has 2 rings (SSSR count). The lowest BCUT2D eigenvalue weighted by Gasteiger charge is -2.22. The number of esters is 1. The highest BCUT2D eigenvalue weighted by Crippen LogP contribution is 2.08. The molecule has 2 N–H and O–H groups in total. The molecule has 2 atom stereocenters. The van der Waals surface area contributed by atoms with Gasteiger partial charge in [-0.05, 0) is 24.0 Å². The van der Waals surface area contributed by atoms with Crippen LogP contribution < -0.4 is 10.6 Å². The Kier molecular flexibility index (Phi) is 10.3. The fourth-order valence-corrected chi connectivity index (χ4v) is 3.01. The minimum atomic E-state index is -0.969. The van der Waals surface area contributed by atoms with Crippen molar-refractivity contribution in [1.29, 1.82) is 5.26 Å². The summed E-state index contributed by atoms with van der Waals surface area (Å²) >= 11 is 0. The molecule has 0 bridgehead atoms. The van der Waals surface area contributed by atoms with Crippen LogP contribution in [0.15, 0.2) is 60.7 Å². The van der Waals surface area contributed by atoms with Gasteiger partial charge in [0, 0.05) is 12.8 Å². The maximum Gasteiger partial charge on any atom is 0.408 e. The van der Waals surface area contributed by atoms with Gasteiger partial charge in [-0.15, -0.1) is 0 Å². The smallest absolute Gasteiger partial charge is 0.408 e. The van der Waals surface area contributed by atoms with Gasteiger partial charge in [-0.1, -0.05) is 60.7 Å². The third kappa shape index (κ3) is 8.48. The van der Waals surface area contributed by atoms with Crippen molar-refractivity contribution in [3.05, 3.63) is 71.8 Å². The highest BCUT2D eigenvalue weighted by atomic mass is 16.5. The van der Waals surface area contributed by atoms with E-state index in [2.05, 4.69) is 10.6 Å². The number of unbranched alkanes of at least 4 members (excludes halogenated alkanes) is 1. The number of hydrogen-bond donors (Lipinski definition) is 2. The van der Waals surface area contributed by atoms with E-state index < -0.39 is 30.1 Å². The average Bonchev–Trinajstić information content (AvgIpc) is 2.82. The van der Waals surface area contributed by atoms with Crippen molar-refractivity contribution in [2.24, 2.45) is 0 Å². The van der Waals surface area contributed by atoms with Crippen molar-refractivity contribution < 1.29 is 23.9 Å². The zero-order chi connectivity index (χ0) is 23.2. The molecule has 0 spiro atoms. The maximum atomic E-state index is 13.0. The van der Waals surface area contributed by atoms with Gasteiger partial charge in [0.2, 0.25) is 5.91 Å². The number of nitrogens with zero attached hydrogens (tertiary/aromatic N) is 1. The van der Waals surface area contributed by atoms with Crippen molar-refractivity contribution >= 4 is 18.0 Å². The number of methoxy groups -OCH3 is 1. The second-order valence-electron chi connectivity index (χ2n) is 7.08.